The number of benzene rings is 2. The first-order valence-electron chi connectivity index (χ1n) is 10.4. The van der Waals surface area contributed by atoms with Gasteiger partial charge in [-0.25, -0.2) is 13.9 Å². The van der Waals surface area contributed by atoms with Gasteiger partial charge in [0.15, 0.2) is 11.3 Å². The molecule has 7 nitrogen and oxygen atoms in total. The number of esters is 1. The van der Waals surface area contributed by atoms with Gasteiger partial charge in [0.05, 0.1) is 18.0 Å². The van der Waals surface area contributed by atoms with E-state index in [1.165, 1.54) is 12.1 Å². The number of rotatable bonds is 6. The second-order valence-electron chi connectivity index (χ2n) is 7.33. The first-order valence-corrected chi connectivity index (χ1v) is 10.4. The number of aromatic nitrogens is 2. The molecule has 1 aromatic heterocycles. The standard InChI is InChI=1S/C25H22FN3O4/c1-4-32-25(31)22-23(30)21(33-24(22)27-18-8-6-5-7-9-18)14-20-15(2)28-29(16(20)3)19-12-10-17(26)11-13-19/h5-14,27H,4H2,1-3H3/b21-14-. The smallest absolute Gasteiger partial charge is 0.347 e. The number of nitrogens with one attached hydrogen (secondary N) is 1. The molecule has 4 rings (SSSR count). The maximum atomic E-state index is 13.3. The third-order valence-electron chi connectivity index (χ3n) is 5.10. The number of nitrogens with zero attached hydrogens (tertiary/aromatic N) is 2. The topological polar surface area (TPSA) is 82.4 Å². The number of hydrogen-bond acceptors (Lipinski definition) is 6. The van der Waals surface area contributed by atoms with E-state index in [4.69, 9.17) is 9.47 Å². The fourth-order valence-electron chi connectivity index (χ4n) is 3.49. The van der Waals surface area contributed by atoms with Gasteiger partial charge in [-0.3, -0.25) is 4.79 Å². The average molecular weight is 447 g/mol. The van der Waals surface area contributed by atoms with Crippen LogP contribution in [-0.2, 0) is 19.1 Å². The Kier molecular flexibility index (Phi) is 6.08. The summed E-state index contributed by atoms with van der Waals surface area (Å²) in [6.45, 7) is 5.41. The maximum Gasteiger partial charge on any atom is 0.347 e. The largest absolute Gasteiger partial charge is 0.462 e. The van der Waals surface area contributed by atoms with Crippen LogP contribution in [0.15, 0.2) is 71.8 Å². The van der Waals surface area contributed by atoms with E-state index in [9.17, 15) is 14.0 Å². The van der Waals surface area contributed by atoms with Crippen molar-refractivity contribution in [3.8, 4) is 5.69 Å². The molecule has 0 bridgehead atoms. The zero-order valence-corrected chi connectivity index (χ0v) is 18.4. The second kappa shape index (κ2) is 9.12. The van der Waals surface area contributed by atoms with Gasteiger partial charge in [-0.05, 0) is 63.2 Å². The number of halogens is 1. The number of anilines is 1. The number of ketones is 1. The summed E-state index contributed by atoms with van der Waals surface area (Å²) in [7, 11) is 0. The van der Waals surface area contributed by atoms with E-state index < -0.39 is 11.8 Å². The Labute approximate surface area is 190 Å². The molecule has 1 aliphatic heterocycles. The van der Waals surface area contributed by atoms with E-state index in [1.807, 2.05) is 25.1 Å². The Bertz CT molecular complexity index is 1270. The summed E-state index contributed by atoms with van der Waals surface area (Å²) in [5.41, 5.74) is 3.16. The molecule has 0 radical (unpaired) electrons. The first kappa shape index (κ1) is 22.0. The summed E-state index contributed by atoms with van der Waals surface area (Å²) < 4.78 is 25.8. The van der Waals surface area contributed by atoms with Crippen molar-refractivity contribution < 1.29 is 23.5 Å². The molecule has 168 valence electrons. The highest BCUT2D eigenvalue weighted by atomic mass is 19.1. The van der Waals surface area contributed by atoms with Crippen LogP contribution in [0.4, 0.5) is 10.1 Å². The van der Waals surface area contributed by atoms with E-state index in [-0.39, 0.29) is 29.6 Å². The Morgan fingerprint density at radius 3 is 2.52 bits per heavy atom. The lowest BCUT2D eigenvalue weighted by atomic mass is 10.1. The molecule has 33 heavy (non-hydrogen) atoms. The van der Waals surface area contributed by atoms with Crippen molar-refractivity contribution in [2.75, 3.05) is 11.9 Å². The molecule has 0 unspecified atom stereocenters. The Morgan fingerprint density at radius 2 is 1.85 bits per heavy atom. The first-order chi connectivity index (χ1) is 15.9. The van der Waals surface area contributed by atoms with Crippen LogP contribution in [0.1, 0.15) is 23.9 Å². The van der Waals surface area contributed by atoms with Crippen molar-refractivity contribution in [2.45, 2.75) is 20.8 Å². The van der Waals surface area contributed by atoms with Gasteiger partial charge in [0, 0.05) is 16.9 Å². The van der Waals surface area contributed by atoms with E-state index in [2.05, 4.69) is 10.4 Å². The molecule has 0 saturated carbocycles. The number of ether oxygens (including phenoxy) is 2. The van der Waals surface area contributed by atoms with Gasteiger partial charge in [-0.15, -0.1) is 0 Å². The lowest BCUT2D eigenvalue weighted by Gasteiger charge is -2.08. The molecule has 0 atom stereocenters. The highest BCUT2D eigenvalue weighted by Gasteiger charge is 2.37. The summed E-state index contributed by atoms with van der Waals surface area (Å²) in [6, 6.07) is 15.0. The number of aryl methyl sites for hydroxylation is 1. The summed E-state index contributed by atoms with van der Waals surface area (Å²) in [4.78, 5) is 25.6. The predicted octanol–water partition coefficient (Wildman–Crippen LogP) is 4.46. The van der Waals surface area contributed by atoms with Gasteiger partial charge < -0.3 is 14.8 Å². The highest BCUT2D eigenvalue weighted by molar-refractivity contribution is 6.26. The summed E-state index contributed by atoms with van der Waals surface area (Å²) in [5.74, 6) is -1.71. The SMILES string of the molecule is CCOC(=O)C1=C(Nc2ccccc2)O/C(=C\c2c(C)nn(-c3ccc(F)cc3)c2C)C1=O. The van der Waals surface area contributed by atoms with E-state index in [1.54, 1.807) is 48.9 Å². The normalized spacial score (nSPS) is 14.5. The molecule has 2 aromatic carbocycles. The molecular weight excluding hydrogens is 425 g/mol. The van der Waals surface area contributed by atoms with Crippen molar-refractivity contribution in [3.63, 3.8) is 0 Å². The van der Waals surface area contributed by atoms with Crippen LogP contribution in [0.25, 0.3) is 11.8 Å². The van der Waals surface area contributed by atoms with E-state index in [0.717, 1.165) is 5.69 Å². The molecule has 3 aromatic rings. The molecule has 0 spiro atoms. The van der Waals surface area contributed by atoms with Crippen LogP contribution in [-0.4, -0.2) is 28.1 Å². The molecule has 2 heterocycles. The molecule has 0 saturated heterocycles. The molecule has 1 aliphatic rings. The zero-order valence-electron chi connectivity index (χ0n) is 18.4. The Balaban J connectivity index is 1.70. The van der Waals surface area contributed by atoms with Gasteiger partial charge in [0.1, 0.15) is 5.82 Å². The average Bonchev–Trinajstić information content (AvgIpc) is 3.26. The maximum absolute atomic E-state index is 13.3. The van der Waals surface area contributed by atoms with Crippen molar-refractivity contribution in [2.24, 2.45) is 0 Å². The van der Waals surface area contributed by atoms with Crippen molar-refractivity contribution in [1.82, 2.24) is 9.78 Å². The number of hydrogen-bond donors (Lipinski definition) is 1. The third-order valence-corrected chi connectivity index (χ3v) is 5.10. The monoisotopic (exact) mass is 447 g/mol. The van der Waals surface area contributed by atoms with Crippen molar-refractivity contribution in [3.05, 3.63) is 94.6 Å². The van der Waals surface area contributed by atoms with Gasteiger partial charge in [0.25, 0.3) is 0 Å². The minimum atomic E-state index is -0.764. The Morgan fingerprint density at radius 1 is 1.15 bits per heavy atom. The summed E-state index contributed by atoms with van der Waals surface area (Å²) in [5, 5.41) is 7.49. The molecule has 0 fully saturated rings. The Hall–Kier alpha value is -4.20. The summed E-state index contributed by atoms with van der Waals surface area (Å²) >= 11 is 0. The molecular formula is C25H22FN3O4. The molecule has 8 heteroatoms. The van der Waals surface area contributed by atoms with Gasteiger partial charge >= 0.3 is 5.97 Å². The van der Waals surface area contributed by atoms with Gasteiger partial charge in [-0.1, -0.05) is 18.2 Å². The van der Waals surface area contributed by atoms with Crippen molar-refractivity contribution in [1.29, 1.82) is 0 Å². The lowest BCUT2D eigenvalue weighted by Crippen LogP contribution is -2.16. The van der Waals surface area contributed by atoms with Crippen LogP contribution < -0.4 is 5.32 Å². The zero-order chi connectivity index (χ0) is 23.5. The number of carbonyl (C=O) groups is 2. The van der Waals surface area contributed by atoms with Crippen LogP contribution in [0, 0.1) is 19.7 Å². The van der Waals surface area contributed by atoms with Crippen LogP contribution in [0.3, 0.4) is 0 Å². The van der Waals surface area contributed by atoms with Crippen LogP contribution in [0.2, 0.25) is 0 Å². The number of Topliss-reactive ketones (excluding diaryl/α,β-unsaturated/α-hetero) is 1. The molecule has 0 amide bonds. The van der Waals surface area contributed by atoms with Gasteiger partial charge in [-0.2, -0.15) is 5.10 Å². The van der Waals surface area contributed by atoms with E-state index >= 15 is 0 Å². The second-order valence-corrected chi connectivity index (χ2v) is 7.33. The quantitative estimate of drug-likeness (QED) is 0.341. The minimum Gasteiger partial charge on any atom is -0.462 e. The fraction of sp³-hybridized carbons (Fsp3) is 0.160. The number of para-hydroxylation sites is 1. The van der Waals surface area contributed by atoms with Gasteiger partial charge in [0.2, 0.25) is 11.7 Å². The van der Waals surface area contributed by atoms with Crippen LogP contribution >= 0.6 is 0 Å². The summed E-state index contributed by atoms with van der Waals surface area (Å²) in [6.07, 6.45) is 1.55. The highest BCUT2D eigenvalue weighted by Crippen LogP contribution is 2.30. The van der Waals surface area contributed by atoms with Crippen LogP contribution in [0.5, 0.6) is 0 Å². The minimum absolute atomic E-state index is 0.0112. The predicted molar refractivity (Wildman–Crippen MR) is 121 cm³/mol. The number of carbonyl (C=O) groups excluding carboxylic acids is 2. The lowest BCUT2D eigenvalue weighted by molar-refractivity contribution is -0.139. The van der Waals surface area contributed by atoms with E-state index in [0.29, 0.717) is 22.6 Å². The molecule has 1 N–H and O–H groups in total. The molecule has 0 aliphatic carbocycles. The number of allylic oxidation sites excluding steroid dienone is 1. The van der Waals surface area contributed by atoms with Crippen molar-refractivity contribution >= 4 is 23.5 Å². The fourth-order valence-corrected chi connectivity index (χ4v) is 3.49. The third kappa shape index (κ3) is 4.41.